The molecule has 8 heteroatoms. The van der Waals surface area contributed by atoms with Crippen molar-refractivity contribution < 1.29 is 13.2 Å². The van der Waals surface area contributed by atoms with E-state index in [1.165, 1.54) is 4.31 Å². The number of aryl methyl sites for hydroxylation is 2. The fourth-order valence-corrected chi connectivity index (χ4v) is 4.29. The highest BCUT2D eigenvalue weighted by Crippen LogP contribution is 2.22. The number of amides is 1. The summed E-state index contributed by atoms with van der Waals surface area (Å²) >= 11 is 0. The average Bonchev–Trinajstić information content (AvgIpc) is 2.48. The van der Waals surface area contributed by atoms with Gasteiger partial charge in [-0.25, -0.2) is 8.42 Å². The number of carbonyl (C=O) groups is 1. The van der Waals surface area contributed by atoms with E-state index in [4.69, 9.17) is 5.73 Å². The topological polar surface area (TPSA) is 83.7 Å². The molecule has 1 fully saturated rings. The quantitative estimate of drug-likeness (QED) is 0.867. The van der Waals surface area contributed by atoms with Crippen molar-refractivity contribution in [3.8, 4) is 0 Å². The zero-order valence-corrected chi connectivity index (χ0v) is 15.3. The van der Waals surface area contributed by atoms with Crippen LogP contribution >= 0.6 is 12.4 Å². The maximum Gasteiger partial charge on any atom is 0.243 e. The minimum absolute atomic E-state index is 0. The molecule has 130 valence electrons. The molecule has 1 aromatic carbocycles. The first kappa shape index (κ1) is 19.9. The molecule has 0 bridgehead atoms. The molecule has 1 atom stereocenters. The van der Waals surface area contributed by atoms with Crippen LogP contribution in [0.4, 0.5) is 0 Å². The minimum Gasteiger partial charge on any atom is -0.339 e. The molecule has 1 amide bonds. The van der Waals surface area contributed by atoms with E-state index in [0.717, 1.165) is 11.1 Å². The second kappa shape index (κ2) is 7.61. The van der Waals surface area contributed by atoms with E-state index < -0.39 is 16.1 Å². The van der Waals surface area contributed by atoms with Crippen molar-refractivity contribution >= 4 is 28.3 Å². The fourth-order valence-electron chi connectivity index (χ4n) is 2.56. The number of benzene rings is 1. The van der Waals surface area contributed by atoms with Gasteiger partial charge in [-0.15, -0.1) is 12.4 Å². The van der Waals surface area contributed by atoms with Gasteiger partial charge in [0, 0.05) is 26.2 Å². The van der Waals surface area contributed by atoms with Crippen molar-refractivity contribution in [2.24, 2.45) is 5.73 Å². The van der Waals surface area contributed by atoms with Gasteiger partial charge >= 0.3 is 0 Å². The van der Waals surface area contributed by atoms with E-state index in [-0.39, 0.29) is 18.3 Å². The van der Waals surface area contributed by atoms with Crippen molar-refractivity contribution in [1.29, 1.82) is 0 Å². The normalized spacial score (nSPS) is 17.5. The Morgan fingerprint density at radius 1 is 1.17 bits per heavy atom. The highest BCUT2D eigenvalue weighted by Gasteiger charge is 2.31. The van der Waals surface area contributed by atoms with Crippen LogP contribution in [0.3, 0.4) is 0 Å². The lowest BCUT2D eigenvalue weighted by atomic mass is 10.2. The summed E-state index contributed by atoms with van der Waals surface area (Å²) in [5, 5.41) is 0. The van der Waals surface area contributed by atoms with Crippen LogP contribution in [0, 0.1) is 13.8 Å². The van der Waals surface area contributed by atoms with Crippen molar-refractivity contribution in [2.75, 3.05) is 26.2 Å². The monoisotopic (exact) mass is 361 g/mol. The maximum absolute atomic E-state index is 12.8. The van der Waals surface area contributed by atoms with E-state index >= 15 is 0 Å². The Balaban J connectivity index is 0.00000264. The van der Waals surface area contributed by atoms with E-state index in [9.17, 15) is 13.2 Å². The average molecular weight is 362 g/mol. The molecular formula is C15H24ClN3O3S. The summed E-state index contributed by atoms with van der Waals surface area (Å²) in [6, 6.07) is 4.86. The first-order chi connectivity index (χ1) is 10.2. The number of rotatable bonds is 3. The number of sulfonamides is 1. The van der Waals surface area contributed by atoms with Crippen molar-refractivity contribution in [2.45, 2.75) is 31.7 Å². The second-order valence-electron chi connectivity index (χ2n) is 5.79. The van der Waals surface area contributed by atoms with Crippen LogP contribution in [0.5, 0.6) is 0 Å². The van der Waals surface area contributed by atoms with Crippen LogP contribution in [0.1, 0.15) is 18.1 Å². The van der Waals surface area contributed by atoms with Crippen molar-refractivity contribution in [3.05, 3.63) is 29.3 Å². The van der Waals surface area contributed by atoms with Gasteiger partial charge in [-0.05, 0) is 38.0 Å². The van der Waals surface area contributed by atoms with Crippen molar-refractivity contribution in [1.82, 2.24) is 9.21 Å². The van der Waals surface area contributed by atoms with Gasteiger partial charge in [0.15, 0.2) is 0 Å². The molecular weight excluding hydrogens is 338 g/mol. The molecule has 0 aromatic heterocycles. The fraction of sp³-hybridized carbons (Fsp3) is 0.533. The van der Waals surface area contributed by atoms with Gasteiger partial charge in [0.1, 0.15) is 0 Å². The number of nitrogens with zero attached hydrogens (tertiary/aromatic N) is 2. The highest BCUT2D eigenvalue weighted by atomic mass is 35.5. The Morgan fingerprint density at radius 2 is 1.74 bits per heavy atom. The van der Waals surface area contributed by atoms with Gasteiger partial charge < -0.3 is 10.6 Å². The molecule has 0 spiro atoms. The molecule has 0 saturated carbocycles. The van der Waals surface area contributed by atoms with Gasteiger partial charge in [-0.1, -0.05) is 12.1 Å². The third-order valence-electron chi connectivity index (χ3n) is 3.90. The standard InChI is InChI=1S/C15H23N3O3S.ClH/c1-11-4-5-12(2)14(10-11)22(20,21)18-8-6-17(7-9-18)15(19)13(3)16;/h4-5,10,13H,6-9,16H2,1-3H3;1H/t13-;/m1./s1. The van der Waals surface area contributed by atoms with Crippen LogP contribution in [-0.2, 0) is 14.8 Å². The minimum atomic E-state index is -3.52. The molecule has 2 rings (SSSR count). The Labute approximate surface area is 144 Å². The number of hydrogen-bond acceptors (Lipinski definition) is 4. The van der Waals surface area contributed by atoms with E-state index in [2.05, 4.69) is 0 Å². The molecule has 2 N–H and O–H groups in total. The van der Waals surface area contributed by atoms with Crippen LogP contribution in [-0.4, -0.2) is 55.8 Å². The molecule has 1 heterocycles. The molecule has 1 saturated heterocycles. The Bertz CT molecular complexity index is 669. The molecule has 23 heavy (non-hydrogen) atoms. The summed E-state index contributed by atoms with van der Waals surface area (Å²) in [6.45, 7) is 6.67. The van der Waals surface area contributed by atoms with Gasteiger partial charge in [-0.2, -0.15) is 4.31 Å². The SMILES string of the molecule is Cc1ccc(C)c(S(=O)(=O)N2CCN(C(=O)[C@@H](C)N)CC2)c1.Cl. The summed E-state index contributed by atoms with van der Waals surface area (Å²) in [6.07, 6.45) is 0. The van der Waals surface area contributed by atoms with Crippen molar-refractivity contribution in [3.63, 3.8) is 0 Å². The van der Waals surface area contributed by atoms with Gasteiger partial charge in [0.25, 0.3) is 0 Å². The van der Waals surface area contributed by atoms with E-state index in [1.54, 1.807) is 24.8 Å². The van der Waals surface area contributed by atoms with Gasteiger partial charge in [0.2, 0.25) is 15.9 Å². The van der Waals surface area contributed by atoms with Crippen LogP contribution in [0.2, 0.25) is 0 Å². The summed E-state index contributed by atoms with van der Waals surface area (Å²) in [5.74, 6) is -0.135. The third-order valence-corrected chi connectivity index (χ3v) is 5.94. The number of carbonyl (C=O) groups excluding carboxylic acids is 1. The number of halogens is 1. The van der Waals surface area contributed by atoms with E-state index in [0.29, 0.717) is 31.1 Å². The zero-order chi connectivity index (χ0) is 16.5. The maximum atomic E-state index is 12.8. The van der Waals surface area contributed by atoms with Gasteiger partial charge in [-0.3, -0.25) is 4.79 Å². The molecule has 6 nitrogen and oxygen atoms in total. The molecule has 1 aliphatic heterocycles. The summed E-state index contributed by atoms with van der Waals surface area (Å²) in [4.78, 5) is 13.8. The summed E-state index contributed by atoms with van der Waals surface area (Å²) in [7, 11) is -3.52. The second-order valence-corrected chi connectivity index (χ2v) is 7.69. The Kier molecular flexibility index (Phi) is 6.59. The highest BCUT2D eigenvalue weighted by molar-refractivity contribution is 7.89. The molecule has 0 radical (unpaired) electrons. The molecule has 1 aliphatic rings. The largest absolute Gasteiger partial charge is 0.339 e. The van der Waals surface area contributed by atoms with E-state index in [1.807, 2.05) is 19.1 Å². The number of hydrogen-bond donors (Lipinski definition) is 1. The molecule has 0 aliphatic carbocycles. The molecule has 1 aromatic rings. The number of nitrogens with two attached hydrogens (primary N) is 1. The lowest BCUT2D eigenvalue weighted by molar-refractivity contribution is -0.133. The first-order valence-corrected chi connectivity index (χ1v) is 8.79. The predicted octanol–water partition coefficient (Wildman–Crippen LogP) is 0.905. The van der Waals surface area contributed by atoms with Crippen LogP contribution in [0.15, 0.2) is 23.1 Å². The Morgan fingerprint density at radius 3 is 2.26 bits per heavy atom. The predicted molar refractivity (Wildman–Crippen MR) is 92.2 cm³/mol. The molecule has 0 unspecified atom stereocenters. The number of piperazine rings is 1. The third kappa shape index (κ3) is 4.23. The zero-order valence-electron chi connectivity index (χ0n) is 13.7. The summed E-state index contributed by atoms with van der Waals surface area (Å²) < 4.78 is 27.0. The summed E-state index contributed by atoms with van der Waals surface area (Å²) in [5.41, 5.74) is 7.24. The lowest BCUT2D eigenvalue weighted by Gasteiger charge is -2.35. The van der Waals surface area contributed by atoms with Crippen LogP contribution < -0.4 is 5.73 Å². The smallest absolute Gasteiger partial charge is 0.243 e. The van der Waals surface area contributed by atoms with Crippen LogP contribution in [0.25, 0.3) is 0 Å². The lowest BCUT2D eigenvalue weighted by Crippen LogP contribution is -2.53. The first-order valence-electron chi connectivity index (χ1n) is 7.35. The van der Waals surface area contributed by atoms with Gasteiger partial charge in [0.05, 0.1) is 10.9 Å². The Hall–Kier alpha value is -1.15.